The zero-order chi connectivity index (χ0) is 14.8. The second kappa shape index (κ2) is 6.71. The first-order valence-corrected chi connectivity index (χ1v) is 9.89. The summed E-state index contributed by atoms with van der Waals surface area (Å²) in [5.74, 6) is 3.18. The van der Waals surface area contributed by atoms with Crippen LogP contribution in [0, 0.1) is 5.92 Å². The minimum atomic E-state index is -0.0102. The molecule has 0 bridgehead atoms. The monoisotopic (exact) mass is 324 g/mol. The van der Waals surface area contributed by atoms with Crippen LogP contribution in [-0.4, -0.2) is 34.4 Å². The fourth-order valence-corrected chi connectivity index (χ4v) is 5.21. The van der Waals surface area contributed by atoms with Crippen molar-refractivity contribution < 1.29 is 4.79 Å². The van der Waals surface area contributed by atoms with Crippen molar-refractivity contribution in [3.05, 3.63) is 22.4 Å². The molecule has 3 unspecified atom stereocenters. The van der Waals surface area contributed by atoms with Crippen molar-refractivity contribution in [3.63, 3.8) is 0 Å². The van der Waals surface area contributed by atoms with Gasteiger partial charge in [0.2, 0.25) is 5.91 Å². The molecule has 3 heterocycles. The quantitative estimate of drug-likeness (QED) is 0.920. The predicted molar refractivity (Wildman–Crippen MR) is 90.6 cm³/mol. The van der Waals surface area contributed by atoms with Crippen LogP contribution in [0.5, 0.6) is 0 Å². The Morgan fingerprint density at radius 1 is 1.48 bits per heavy atom. The number of hydrogen-bond donors (Lipinski definition) is 1. The summed E-state index contributed by atoms with van der Waals surface area (Å²) in [6.45, 7) is 4.38. The first-order valence-electron chi connectivity index (χ1n) is 7.86. The van der Waals surface area contributed by atoms with Crippen molar-refractivity contribution >= 4 is 29.0 Å². The second-order valence-corrected chi connectivity index (χ2v) is 8.51. The number of amides is 1. The molecule has 3 nitrogen and oxygen atoms in total. The number of rotatable bonds is 4. The smallest absolute Gasteiger partial charge is 0.241 e. The maximum atomic E-state index is 12.9. The zero-order valence-electron chi connectivity index (χ0n) is 12.7. The van der Waals surface area contributed by atoms with Gasteiger partial charge in [0.1, 0.15) is 6.17 Å². The molecule has 2 aliphatic rings. The van der Waals surface area contributed by atoms with E-state index in [2.05, 4.69) is 41.6 Å². The van der Waals surface area contributed by atoms with Crippen LogP contribution >= 0.6 is 23.1 Å². The lowest BCUT2D eigenvalue weighted by Crippen LogP contribution is -2.43. The fourth-order valence-electron chi connectivity index (χ4n) is 3.29. The average Bonchev–Trinajstić information content (AvgIpc) is 3.08. The van der Waals surface area contributed by atoms with E-state index in [-0.39, 0.29) is 12.2 Å². The summed E-state index contributed by atoms with van der Waals surface area (Å²) in [6, 6.07) is 4.61. The van der Waals surface area contributed by atoms with E-state index in [0.717, 1.165) is 18.6 Å². The summed E-state index contributed by atoms with van der Waals surface area (Å²) < 4.78 is 0. The molecule has 0 spiro atoms. The van der Waals surface area contributed by atoms with E-state index in [0.29, 0.717) is 17.9 Å². The van der Waals surface area contributed by atoms with Crippen LogP contribution in [0.1, 0.15) is 44.2 Å². The van der Waals surface area contributed by atoms with E-state index in [1.807, 2.05) is 11.8 Å². The minimum absolute atomic E-state index is 0.0102. The molecule has 0 aromatic carbocycles. The van der Waals surface area contributed by atoms with E-state index in [1.165, 1.54) is 17.1 Å². The van der Waals surface area contributed by atoms with Gasteiger partial charge in [-0.3, -0.25) is 10.1 Å². The van der Waals surface area contributed by atoms with Crippen molar-refractivity contribution in [2.75, 3.05) is 11.5 Å². The lowest BCUT2D eigenvalue weighted by molar-refractivity contribution is -0.132. The third-order valence-corrected chi connectivity index (χ3v) is 6.36. The molecule has 1 aromatic heterocycles. The maximum Gasteiger partial charge on any atom is 0.241 e. The highest BCUT2D eigenvalue weighted by Crippen LogP contribution is 2.35. The van der Waals surface area contributed by atoms with Crippen molar-refractivity contribution in [2.24, 2.45) is 5.92 Å². The molecular weight excluding hydrogens is 300 g/mol. The highest BCUT2D eigenvalue weighted by molar-refractivity contribution is 7.99. The second-order valence-electron chi connectivity index (χ2n) is 6.38. The van der Waals surface area contributed by atoms with E-state index < -0.39 is 0 Å². The van der Waals surface area contributed by atoms with Crippen molar-refractivity contribution in [2.45, 2.75) is 51.4 Å². The van der Waals surface area contributed by atoms with Gasteiger partial charge in [0.15, 0.2) is 0 Å². The molecule has 0 aliphatic carbocycles. The van der Waals surface area contributed by atoms with Gasteiger partial charge in [0, 0.05) is 16.7 Å². The highest BCUT2D eigenvalue weighted by Gasteiger charge is 2.43. The van der Waals surface area contributed by atoms with Crippen LogP contribution in [0.25, 0.3) is 0 Å². The van der Waals surface area contributed by atoms with Gasteiger partial charge >= 0.3 is 0 Å². The number of thioether (sulfide) groups is 1. The van der Waals surface area contributed by atoms with E-state index in [1.54, 1.807) is 11.3 Å². The van der Waals surface area contributed by atoms with Gasteiger partial charge in [-0.05, 0) is 42.4 Å². The van der Waals surface area contributed by atoms with Gasteiger partial charge in [0.05, 0.1) is 6.04 Å². The maximum absolute atomic E-state index is 12.9. The number of nitrogens with zero attached hydrogens (tertiary/aromatic N) is 1. The molecule has 2 saturated heterocycles. The van der Waals surface area contributed by atoms with Crippen LogP contribution in [-0.2, 0) is 4.79 Å². The molecule has 3 rings (SSSR count). The van der Waals surface area contributed by atoms with Crippen LogP contribution in [0.4, 0.5) is 0 Å². The first kappa shape index (κ1) is 15.4. The van der Waals surface area contributed by atoms with Gasteiger partial charge in [-0.15, -0.1) is 11.3 Å². The Bertz CT molecular complexity index is 469. The minimum Gasteiger partial charge on any atom is -0.317 e. The highest BCUT2D eigenvalue weighted by atomic mass is 32.2. The summed E-state index contributed by atoms with van der Waals surface area (Å²) in [4.78, 5) is 16.3. The molecule has 5 heteroatoms. The molecule has 2 fully saturated rings. The molecule has 1 amide bonds. The lowest BCUT2D eigenvalue weighted by Gasteiger charge is -2.34. The largest absolute Gasteiger partial charge is 0.317 e. The first-order chi connectivity index (χ1) is 10.2. The third-order valence-electron chi connectivity index (χ3n) is 4.24. The number of carbonyl (C=O) groups excluding carboxylic acids is 1. The Balaban J connectivity index is 1.83. The molecule has 116 valence electrons. The Kier molecular flexibility index (Phi) is 4.92. The number of nitrogens with one attached hydrogen (secondary N) is 1. The standard InChI is InChI=1S/C16H24N2OS2/c1-11(2)9-13-16(19)18(12-5-3-7-20-10-12)15(17-13)14-6-4-8-21-14/h4,6,8,11-13,15,17H,3,5,7,9-10H2,1-2H3. The van der Waals surface area contributed by atoms with Gasteiger partial charge in [0.25, 0.3) is 0 Å². The van der Waals surface area contributed by atoms with E-state index in [4.69, 9.17) is 0 Å². The Morgan fingerprint density at radius 2 is 2.33 bits per heavy atom. The van der Waals surface area contributed by atoms with Crippen LogP contribution in [0.3, 0.4) is 0 Å². The topological polar surface area (TPSA) is 32.3 Å². The van der Waals surface area contributed by atoms with Crippen molar-refractivity contribution in [1.29, 1.82) is 0 Å². The van der Waals surface area contributed by atoms with E-state index in [9.17, 15) is 4.79 Å². The predicted octanol–water partition coefficient (Wildman–Crippen LogP) is 3.49. The molecule has 3 atom stereocenters. The molecule has 21 heavy (non-hydrogen) atoms. The number of hydrogen-bond acceptors (Lipinski definition) is 4. The Labute approximate surface area is 135 Å². The molecule has 0 radical (unpaired) electrons. The molecule has 1 N–H and O–H groups in total. The van der Waals surface area contributed by atoms with Crippen LogP contribution < -0.4 is 5.32 Å². The summed E-state index contributed by atoms with van der Waals surface area (Å²) in [6.07, 6.45) is 3.39. The normalized spacial score (nSPS) is 30.3. The van der Waals surface area contributed by atoms with Crippen LogP contribution in [0.15, 0.2) is 17.5 Å². The van der Waals surface area contributed by atoms with Crippen LogP contribution in [0.2, 0.25) is 0 Å². The summed E-state index contributed by atoms with van der Waals surface area (Å²) >= 11 is 3.74. The SMILES string of the molecule is CC(C)CC1NC(c2cccs2)N(C2CCCSC2)C1=O. The van der Waals surface area contributed by atoms with Gasteiger partial charge in [-0.1, -0.05) is 19.9 Å². The van der Waals surface area contributed by atoms with Crippen molar-refractivity contribution in [3.8, 4) is 0 Å². The average molecular weight is 325 g/mol. The lowest BCUT2D eigenvalue weighted by atomic mass is 10.0. The Hall–Kier alpha value is -0.520. The van der Waals surface area contributed by atoms with Gasteiger partial charge in [-0.2, -0.15) is 11.8 Å². The third kappa shape index (κ3) is 3.30. The van der Waals surface area contributed by atoms with Crippen molar-refractivity contribution in [1.82, 2.24) is 10.2 Å². The number of thiophene rings is 1. The summed E-state index contributed by atoms with van der Waals surface area (Å²) in [5, 5.41) is 5.70. The molecular formula is C16H24N2OS2. The zero-order valence-corrected chi connectivity index (χ0v) is 14.4. The number of carbonyl (C=O) groups is 1. The van der Waals surface area contributed by atoms with Gasteiger partial charge in [-0.25, -0.2) is 0 Å². The Morgan fingerprint density at radius 3 is 2.95 bits per heavy atom. The van der Waals surface area contributed by atoms with Gasteiger partial charge < -0.3 is 4.90 Å². The van der Waals surface area contributed by atoms with E-state index >= 15 is 0 Å². The molecule has 0 saturated carbocycles. The summed E-state index contributed by atoms with van der Waals surface area (Å²) in [5.41, 5.74) is 0. The molecule has 2 aliphatic heterocycles. The molecule has 1 aromatic rings. The fraction of sp³-hybridized carbons (Fsp3) is 0.688. The summed E-state index contributed by atoms with van der Waals surface area (Å²) in [7, 11) is 0.